The largest absolute Gasteiger partial charge is 0.397 e. The van der Waals surface area contributed by atoms with E-state index in [4.69, 9.17) is 17.3 Å². The van der Waals surface area contributed by atoms with Crippen molar-refractivity contribution < 1.29 is 4.39 Å². The van der Waals surface area contributed by atoms with Crippen molar-refractivity contribution in [2.45, 2.75) is 6.92 Å². The number of nitrogen functional groups attached to an aromatic ring is 1. The number of hydrogen-bond donors (Lipinski definition) is 2. The molecule has 3 N–H and O–H groups in total. The molecule has 0 atom stereocenters. The van der Waals surface area contributed by atoms with Gasteiger partial charge >= 0.3 is 0 Å². The molecule has 0 fully saturated rings. The van der Waals surface area contributed by atoms with Gasteiger partial charge in [-0.15, -0.1) is 0 Å². The lowest BCUT2D eigenvalue weighted by Gasteiger charge is -2.11. The van der Waals surface area contributed by atoms with Gasteiger partial charge in [0.15, 0.2) is 0 Å². The Balaban J connectivity index is 2.34. The Hall–Kier alpha value is -1.26. The third kappa shape index (κ3) is 2.76. The Morgan fingerprint density at radius 3 is 2.67 bits per heavy atom. The van der Waals surface area contributed by atoms with Crippen molar-refractivity contribution in [3.63, 3.8) is 0 Å². The fourth-order valence-corrected chi connectivity index (χ4v) is 1.96. The summed E-state index contributed by atoms with van der Waals surface area (Å²) in [5, 5.41) is 3.15. The zero-order chi connectivity index (χ0) is 13.3. The van der Waals surface area contributed by atoms with E-state index in [9.17, 15) is 4.39 Å². The standard InChI is InChI=1S/C13H11BrClFN2/c1-7-4-8(2-3-9(7)14)18-13-5-10(15)11(16)6-12(13)17/h2-6,18H,17H2,1H3. The third-order valence-corrected chi connectivity index (χ3v) is 3.71. The Labute approximate surface area is 118 Å². The molecule has 0 aliphatic heterocycles. The molecule has 2 rings (SSSR count). The molecule has 0 amide bonds. The van der Waals surface area contributed by atoms with Crippen LogP contribution in [-0.4, -0.2) is 0 Å². The molecule has 0 aliphatic rings. The van der Waals surface area contributed by atoms with E-state index in [2.05, 4.69) is 21.2 Å². The predicted molar refractivity (Wildman–Crippen MR) is 78.0 cm³/mol. The molecule has 2 nitrogen and oxygen atoms in total. The average molecular weight is 330 g/mol. The lowest BCUT2D eigenvalue weighted by atomic mass is 10.2. The van der Waals surface area contributed by atoms with Gasteiger partial charge in [-0.2, -0.15) is 0 Å². The van der Waals surface area contributed by atoms with Crippen LogP contribution in [0, 0.1) is 12.7 Å². The van der Waals surface area contributed by atoms with Gasteiger partial charge in [-0.25, -0.2) is 4.39 Å². The predicted octanol–water partition coefficient (Wildman–Crippen LogP) is 4.88. The van der Waals surface area contributed by atoms with Gasteiger partial charge in [-0.1, -0.05) is 27.5 Å². The first-order chi connectivity index (χ1) is 8.47. The molecule has 18 heavy (non-hydrogen) atoms. The van der Waals surface area contributed by atoms with Crippen molar-refractivity contribution in [1.29, 1.82) is 0 Å². The lowest BCUT2D eigenvalue weighted by Crippen LogP contribution is -1.98. The molecule has 2 aromatic carbocycles. The molecule has 0 saturated carbocycles. The summed E-state index contributed by atoms with van der Waals surface area (Å²) >= 11 is 9.16. The highest BCUT2D eigenvalue weighted by atomic mass is 79.9. The summed E-state index contributed by atoms with van der Waals surface area (Å²) in [5.74, 6) is -0.522. The van der Waals surface area contributed by atoms with Crippen LogP contribution in [0.4, 0.5) is 21.5 Å². The summed E-state index contributed by atoms with van der Waals surface area (Å²) in [7, 11) is 0. The highest BCUT2D eigenvalue weighted by molar-refractivity contribution is 9.10. The molecule has 0 saturated heterocycles. The van der Waals surface area contributed by atoms with Gasteiger partial charge in [0.2, 0.25) is 0 Å². The quantitative estimate of drug-likeness (QED) is 0.771. The van der Waals surface area contributed by atoms with Crippen molar-refractivity contribution in [3.05, 3.63) is 51.2 Å². The van der Waals surface area contributed by atoms with Crippen LogP contribution in [0.1, 0.15) is 5.56 Å². The zero-order valence-corrected chi connectivity index (χ0v) is 11.9. The van der Waals surface area contributed by atoms with Crippen molar-refractivity contribution in [2.24, 2.45) is 0 Å². The van der Waals surface area contributed by atoms with E-state index in [1.807, 2.05) is 25.1 Å². The third-order valence-electron chi connectivity index (χ3n) is 2.53. The van der Waals surface area contributed by atoms with E-state index in [0.717, 1.165) is 15.7 Å². The minimum Gasteiger partial charge on any atom is -0.397 e. The fourth-order valence-electron chi connectivity index (χ4n) is 1.55. The fraction of sp³-hybridized carbons (Fsp3) is 0.0769. The molecule has 0 heterocycles. The second-order valence-electron chi connectivity index (χ2n) is 3.94. The highest BCUT2D eigenvalue weighted by Crippen LogP contribution is 2.30. The second-order valence-corrected chi connectivity index (χ2v) is 5.20. The van der Waals surface area contributed by atoms with Crippen molar-refractivity contribution in [3.8, 4) is 0 Å². The van der Waals surface area contributed by atoms with E-state index in [1.54, 1.807) is 0 Å². The van der Waals surface area contributed by atoms with Crippen LogP contribution in [0.5, 0.6) is 0 Å². The normalized spacial score (nSPS) is 10.4. The van der Waals surface area contributed by atoms with Crippen LogP contribution < -0.4 is 11.1 Å². The molecule has 0 aliphatic carbocycles. The number of nitrogens with two attached hydrogens (primary N) is 1. The number of nitrogens with one attached hydrogen (secondary N) is 1. The summed E-state index contributed by atoms with van der Waals surface area (Å²) in [6.45, 7) is 1.98. The first kappa shape index (κ1) is 13.2. The molecule has 94 valence electrons. The first-order valence-electron chi connectivity index (χ1n) is 5.25. The SMILES string of the molecule is Cc1cc(Nc2cc(Cl)c(F)cc2N)ccc1Br. The van der Waals surface area contributed by atoms with Crippen LogP contribution in [0.25, 0.3) is 0 Å². The lowest BCUT2D eigenvalue weighted by molar-refractivity contribution is 0.629. The first-order valence-corrected chi connectivity index (χ1v) is 6.42. The van der Waals surface area contributed by atoms with Gasteiger partial charge in [0, 0.05) is 16.2 Å². The Bertz CT molecular complexity index is 602. The molecule has 5 heteroatoms. The number of anilines is 3. The topological polar surface area (TPSA) is 38.0 Å². The van der Waals surface area contributed by atoms with E-state index in [1.165, 1.54) is 12.1 Å². The number of halogens is 3. The Morgan fingerprint density at radius 1 is 1.28 bits per heavy atom. The molecular formula is C13H11BrClFN2. The molecule has 2 aromatic rings. The van der Waals surface area contributed by atoms with Gasteiger partial charge in [-0.3, -0.25) is 0 Å². The number of aryl methyl sites for hydroxylation is 1. The number of benzene rings is 2. The van der Waals surface area contributed by atoms with Gasteiger partial charge in [0.05, 0.1) is 16.4 Å². The minimum atomic E-state index is -0.522. The van der Waals surface area contributed by atoms with Crippen molar-refractivity contribution in [2.75, 3.05) is 11.1 Å². The summed E-state index contributed by atoms with van der Waals surface area (Å²) < 4.78 is 14.2. The Kier molecular flexibility index (Phi) is 3.78. The van der Waals surface area contributed by atoms with Crippen LogP contribution in [0.2, 0.25) is 5.02 Å². The van der Waals surface area contributed by atoms with Crippen LogP contribution in [0.3, 0.4) is 0 Å². The molecule has 0 bridgehead atoms. The van der Waals surface area contributed by atoms with Gasteiger partial charge in [0.25, 0.3) is 0 Å². The zero-order valence-electron chi connectivity index (χ0n) is 9.60. The number of rotatable bonds is 2. The molecular weight excluding hydrogens is 319 g/mol. The van der Waals surface area contributed by atoms with Crippen molar-refractivity contribution >= 4 is 44.6 Å². The molecule has 0 radical (unpaired) electrons. The van der Waals surface area contributed by atoms with E-state index in [-0.39, 0.29) is 5.02 Å². The second kappa shape index (κ2) is 5.16. The van der Waals surface area contributed by atoms with Gasteiger partial charge in [0.1, 0.15) is 5.82 Å². The number of hydrogen-bond acceptors (Lipinski definition) is 2. The van der Waals surface area contributed by atoms with Gasteiger partial charge in [-0.05, 0) is 36.8 Å². The maximum Gasteiger partial charge on any atom is 0.143 e. The summed E-state index contributed by atoms with van der Waals surface area (Å²) in [6, 6.07) is 8.47. The van der Waals surface area contributed by atoms with E-state index >= 15 is 0 Å². The smallest absolute Gasteiger partial charge is 0.143 e. The van der Waals surface area contributed by atoms with Gasteiger partial charge < -0.3 is 11.1 Å². The summed E-state index contributed by atoms with van der Waals surface area (Å²) in [4.78, 5) is 0. The molecule has 0 unspecified atom stereocenters. The molecule has 0 spiro atoms. The maximum absolute atomic E-state index is 13.2. The van der Waals surface area contributed by atoms with Crippen LogP contribution in [0.15, 0.2) is 34.8 Å². The minimum absolute atomic E-state index is 0.0422. The van der Waals surface area contributed by atoms with E-state index in [0.29, 0.717) is 11.4 Å². The summed E-state index contributed by atoms with van der Waals surface area (Å²) in [6.07, 6.45) is 0. The van der Waals surface area contributed by atoms with E-state index < -0.39 is 5.82 Å². The van der Waals surface area contributed by atoms with Crippen molar-refractivity contribution in [1.82, 2.24) is 0 Å². The molecule has 0 aromatic heterocycles. The maximum atomic E-state index is 13.2. The average Bonchev–Trinajstić information content (AvgIpc) is 2.31. The Morgan fingerprint density at radius 2 is 2.00 bits per heavy atom. The van der Waals surface area contributed by atoms with Crippen LogP contribution in [-0.2, 0) is 0 Å². The summed E-state index contributed by atoms with van der Waals surface area (Å²) in [5.41, 5.74) is 8.59. The highest BCUT2D eigenvalue weighted by Gasteiger charge is 2.07. The monoisotopic (exact) mass is 328 g/mol. The van der Waals surface area contributed by atoms with Crippen LogP contribution >= 0.6 is 27.5 Å².